The topological polar surface area (TPSA) is 132 Å². The van der Waals surface area contributed by atoms with Gasteiger partial charge in [-0.05, 0) is 0 Å². The number of carbonyl (C=O) groups is 2. The van der Waals surface area contributed by atoms with Crippen molar-refractivity contribution in [3.05, 3.63) is 0 Å². The molecule has 0 aliphatic carbocycles. The number of nitrogens with two attached hydrogens (primary N) is 2. The summed E-state index contributed by atoms with van der Waals surface area (Å²) >= 11 is 0.149. The molecule has 0 saturated heterocycles. The second kappa shape index (κ2) is 20.7. The monoisotopic (exact) mass is 354 g/mol. The quantitative estimate of drug-likeness (QED) is 0.501. The first-order valence-corrected chi connectivity index (χ1v) is 9.55. The van der Waals surface area contributed by atoms with Crippen LogP contribution in [0, 0.1) is 0 Å². The summed E-state index contributed by atoms with van der Waals surface area (Å²) in [6, 6.07) is 0. The summed E-state index contributed by atoms with van der Waals surface area (Å²) < 4.78 is 3.25. The first-order chi connectivity index (χ1) is 7.88. The van der Waals surface area contributed by atoms with E-state index in [0.29, 0.717) is 0 Å². The van der Waals surface area contributed by atoms with Gasteiger partial charge in [0.1, 0.15) is 12.2 Å². The van der Waals surface area contributed by atoms with Gasteiger partial charge in [0.05, 0.1) is 0 Å². The van der Waals surface area contributed by atoms with Gasteiger partial charge in [-0.25, -0.2) is 0 Å². The van der Waals surface area contributed by atoms with Crippen LogP contribution in [0.2, 0.25) is 8.87 Å². The zero-order valence-electron chi connectivity index (χ0n) is 10.5. The summed E-state index contributed by atoms with van der Waals surface area (Å²) in [5.74, 6) is 0. The van der Waals surface area contributed by atoms with Gasteiger partial charge in [0.2, 0.25) is 0 Å². The van der Waals surface area contributed by atoms with Crippen molar-refractivity contribution in [2.45, 2.75) is 48.4 Å². The van der Waals surface area contributed by atoms with Gasteiger partial charge in [-0.1, -0.05) is 0 Å². The van der Waals surface area contributed by atoms with Gasteiger partial charge < -0.3 is 31.3 Å². The fraction of sp³-hybridized carbons (Fsp3) is 0.800. The van der Waals surface area contributed by atoms with Gasteiger partial charge >= 0.3 is 69.5 Å². The summed E-state index contributed by atoms with van der Waals surface area (Å²) in [6.45, 7) is 4.58. The van der Waals surface area contributed by atoms with E-state index in [1.54, 1.807) is 8.87 Å². The average molecular weight is 353 g/mol. The van der Waals surface area contributed by atoms with E-state index in [4.69, 9.17) is 19.8 Å². The Labute approximate surface area is 113 Å². The van der Waals surface area contributed by atoms with Crippen LogP contribution in [0.4, 0.5) is 9.59 Å². The summed E-state index contributed by atoms with van der Waals surface area (Å²) in [6.07, 6.45) is 2.67. The number of carbonyl (C=O) groups excluding carboxylic acids is 2. The molecule has 100 valence electrons. The van der Waals surface area contributed by atoms with E-state index in [9.17, 15) is 0 Å². The number of primary amides is 2. The van der Waals surface area contributed by atoms with Gasteiger partial charge in [0.25, 0.3) is 0 Å². The van der Waals surface area contributed by atoms with E-state index in [2.05, 4.69) is 25.3 Å². The molecule has 0 saturated carbocycles. The fourth-order valence-electron chi connectivity index (χ4n) is 0.729. The van der Waals surface area contributed by atoms with Crippen molar-refractivity contribution in [3.63, 3.8) is 0 Å². The van der Waals surface area contributed by atoms with Gasteiger partial charge in [-0.3, -0.25) is 0 Å². The largest absolute Gasteiger partial charge is 0.530 e. The number of hydrogen-bond donors (Lipinski definition) is 2. The van der Waals surface area contributed by atoms with Crippen LogP contribution in [0.5, 0.6) is 0 Å². The Morgan fingerprint density at radius 2 is 1.18 bits per heavy atom. The van der Waals surface area contributed by atoms with Crippen molar-refractivity contribution in [2.75, 3.05) is 0 Å². The Kier molecular flexibility index (Phi) is 26.3. The molecular formula is C10H22N2O4Sn. The third-order valence-electron chi connectivity index (χ3n) is 1.41. The van der Waals surface area contributed by atoms with Crippen LogP contribution in [0.25, 0.3) is 0 Å². The van der Waals surface area contributed by atoms with Crippen molar-refractivity contribution in [3.8, 4) is 0 Å². The molecule has 0 unspecified atom stereocenters. The molecule has 0 rings (SSSR count). The molecule has 0 aromatic carbocycles. The molecule has 4 N–H and O–H groups in total. The van der Waals surface area contributed by atoms with Crippen LogP contribution in [-0.2, 0) is 0 Å². The minimum absolute atomic E-state index is 0.149. The summed E-state index contributed by atoms with van der Waals surface area (Å²) in [5, 5.41) is 17.3. The van der Waals surface area contributed by atoms with Gasteiger partial charge in [-0.15, -0.1) is 0 Å². The van der Waals surface area contributed by atoms with Crippen molar-refractivity contribution in [1.29, 1.82) is 0 Å². The Morgan fingerprint density at radius 3 is 1.35 bits per heavy atom. The van der Waals surface area contributed by atoms with E-state index >= 15 is 0 Å². The SMILES string of the molecule is CCC[CH2][Sn+2][CH2]CCC.NC(=O)[O-].NC(=O)[O-]. The molecular weight excluding hydrogens is 331 g/mol. The van der Waals surface area contributed by atoms with Crippen LogP contribution in [-0.4, -0.2) is 33.3 Å². The molecule has 0 radical (unpaired) electrons. The minimum Gasteiger partial charge on any atom is -0.530 e. The third-order valence-corrected chi connectivity index (χ3v) is 5.45. The molecule has 0 bridgehead atoms. The standard InChI is InChI=1S/2C4H9.2CH3NO2.Sn/c2*1-3-4-2;2*2-1(3)4;/h2*1,3-4H2,2H3;2*2H2,(H,3,4);/q;;;;+2/p-2. The number of rotatable bonds is 6. The van der Waals surface area contributed by atoms with Crippen molar-refractivity contribution < 1.29 is 19.8 Å². The van der Waals surface area contributed by atoms with E-state index in [-0.39, 0.29) is 21.1 Å². The second-order valence-electron chi connectivity index (χ2n) is 3.10. The first kappa shape index (κ1) is 21.6. The average Bonchev–Trinajstić information content (AvgIpc) is 2.16. The Bertz CT molecular complexity index is 154. The maximum absolute atomic E-state index is 8.67. The molecule has 2 amide bonds. The second-order valence-corrected chi connectivity index (χ2v) is 7.38. The molecule has 0 spiro atoms. The molecule has 0 heterocycles. The Hall–Kier alpha value is -0.661. The predicted octanol–water partition coefficient (Wildman–Crippen LogP) is -0.296. The smallest absolute Gasteiger partial charge is 0.131 e. The number of unbranched alkanes of at least 4 members (excludes halogenated alkanes) is 2. The molecule has 0 aromatic rings. The van der Waals surface area contributed by atoms with Crippen molar-refractivity contribution in [1.82, 2.24) is 0 Å². The first-order valence-electron chi connectivity index (χ1n) is 5.52. The molecule has 0 fully saturated rings. The van der Waals surface area contributed by atoms with Crippen molar-refractivity contribution >= 4 is 33.3 Å². The van der Waals surface area contributed by atoms with Gasteiger partial charge in [0.15, 0.2) is 0 Å². The van der Waals surface area contributed by atoms with Crippen LogP contribution >= 0.6 is 0 Å². The molecule has 0 aromatic heterocycles. The van der Waals surface area contributed by atoms with E-state index in [0.717, 1.165) is 0 Å². The van der Waals surface area contributed by atoms with E-state index < -0.39 is 12.2 Å². The summed E-state index contributed by atoms with van der Waals surface area (Å²) in [4.78, 5) is 17.3. The van der Waals surface area contributed by atoms with Crippen LogP contribution in [0.15, 0.2) is 0 Å². The Balaban J connectivity index is -0.000000205. The third kappa shape index (κ3) is 95.8. The van der Waals surface area contributed by atoms with Crippen molar-refractivity contribution in [2.24, 2.45) is 11.5 Å². The molecule has 0 aliphatic rings. The van der Waals surface area contributed by atoms with E-state index in [1.807, 2.05) is 0 Å². The van der Waals surface area contributed by atoms with Gasteiger partial charge in [0, 0.05) is 0 Å². The number of carboxylic acid groups (broad SMARTS) is 2. The van der Waals surface area contributed by atoms with Gasteiger partial charge in [-0.2, -0.15) is 0 Å². The number of hydrogen-bond acceptors (Lipinski definition) is 4. The predicted molar refractivity (Wildman–Crippen MR) is 64.4 cm³/mol. The Morgan fingerprint density at radius 1 is 0.941 bits per heavy atom. The zero-order valence-corrected chi connectivity index (χ0v) is 13.4. The summed E-state index contributed by atoms with van der Waals surface area (Å²) in [7, 11) is 0. The normalized spacial score (nSPS) is 7.65. The summed E-state index contributed by atoms with van der Waals surface area (Å²) in [5.41, 5.74) is 7.83. The zero-order chi connectivity index (χ0) is 14.1. The van der Waals surface area contributed by atoms with E-state index in [1.165, 1.54) is 25.7 Å². The molecule has 17 heavy (non-hydrogen) atoms. The molecule has 0 atom stereocenters. The molecule has 0 aliphatic heterocycles. The van der Waals surface area contributed by atoms with Crippen LogP contribution in [0.1, 0.15) is 39.5 Å². The number of amides is 2. The molecule has 6 nitrogen and oxygen atoms in total. The van der Waals surface area contributed by atoms with Crippen LogP contribution < -0.4 is 21.7 Å². The maximum atomic E-state index is 8.67. The minimum atomic E-state index is -1.58. The van der Waals surface area contributed by atoms with Crippen LogP contribution in [0.3, 0.4) is 0 Å². The molecule has 7 heteroatoms. The fourth-order valence-corrected chi connectivity index (χ4v) is 4.89. The maximum Gasteiger partial charge on any atom is 0.131 e.